The Kier molecular flexibility index (Phi) is 2.17. The molecule has 1 aromatic carbocycles. The highest BCUT2D eigenvalue weighted by molar-refractivity contribution is 5.76. The van der Waals surface area contributed by atoms with Crippen LogP contribution < -0.4 is 0 Å². The summed E-state index contributed by atoms with van der Waals surface area (Å²) in [5, 5.41) is 9.61. The van der Waals surface area contributed by atoms with Crippen LogP contribution in [-0.2, 0) is 6.42 Å². The number of phenols is 1. The number of benzene rings is 1. The van der Waals surface area contributed by atoms with Gasteiger partial charge in [0.15, 0.2) is 0 Å². The average Bonchev–Trinajstić information content (AvgIpc) is 2.86. The summed E-state index contributed by atoms with van der Waals surface area (Å²) in [6, 6.07) is 5.93. The van der Waals surface area contributed by atoms with E-state index >= 15 is 0 Å². The van der Waals surface area contributed by atoms with Crippen LogP contribution in [0.4, 0.5) is 0 Å². The summed E-state index contributed by atoms with van der Waals surface area (Å²) in [6.45, 7) is 0. The molecule has 1 nitrogen and oxygen atoms in total. The first-order chi connectivity index (χ1) is 8.83. The molecule has 0 aromatic heterocycles. The van der Waals surface area contributed by atoms with Gasteiger partial charge >= 0.3 is 0 Å². The van der Waals surface area contributed by atoms with Gasteiger partial charge in [-0.3, -0.25) is 0 Å². The summed E-state index contributed by atoms with van der Waals surface area (Å²) in [5.41, 5.74) is 7.78. The van der Waals surface area contributed by atoms with Crippen molar-refractivity contribution in [2.24, 2.45) is 5.92 Å². The van der Waals surface area contributed by atoms with Crippen molar-refractivity contribution in [3.8, 4) is 5.75 Å². The van der Waals surface area contributed by atoms with Crippen molar-refractivity contribution in [2.45, 2.75) is 38.5 Å². The van der Waals surface area contributed by atoms with Gasteiger partial charge in [-0.1, -0.05) is 23.3 Å². The normalized spacial score (nSPS) is 25.3. The first-order valence-corrected chi connectivity index (χ1v) is 7.06. The maximum Gasteiger partial charge on any atom is 0.115 e. The van der Waals surface area contributed by atoms with E-state index in [1.54, 1.807) is 16.7 Å². The first-order valence-electron chi connectivity index (χ1n) is 7.06. The average molecular weight is 238 g/mol. The van der Waals surface area contributed by atoms with E-state index < -0.39 is 0 Å². The number of fused-ring (bicyclic) bond motifs is 4. The Morgan fingerprint density at radius 3 is 2.94 bits per heavy atom. The predicted octanol–water partition coefficient (Wildman–Crippen LogP) is 4.22. The van der Waals surface area contributed by atoms with E-state index in [0.717, 1.165) is 12.3 Å². The van der Waals surface area contributed by atoms with Gasteiger partial charge in [0.25, 0.3) is 0 Å². The molecular formula is C17H18O. The quantitative estimate of drug-likeness (QED) is 0.671. The molecule has 1 atom stereocenters. The molecule has 0 saturated heterocycles. The van der Waals surface area contributed by atoms with Crippen LogP contribution in [0.1, 0.15) is 43.2 Å². The molecule has 4 rings (SSSR count). The van der Waals surface area contributed by atoms with Gasteiger partial charge in [0.05, 0.1) is 0 Å². The van der Waals surface area contributed by atoms with Crippen molar-refractivity contribution in [2.75, 3.05) is 0 Å². The summed E-state index contributed by atoms with van der Waals surface area (Å²) < 4.78 is 0. The van der Waals surface area contributed by atoms with Crippen LogP contribution in [0.15, 0.2) is 35.4 Å². The Labute approximate surface area is 108 Å². The summed E-state index contributed by atoms with van der Waals surface area (Å²) in [5.74, 6) is 1.17. The Morgan fingerprint density at radius 2 is 2.00 bits per heavy atom. The lowest BCUT2D eigenvalue weighted by atomic mass is 9.72. The third-order valence-electron chi connectivity index (χ3n) is 4.86. The van der Waals surface area contributed by atoms with Gasteiger partial charge in [-0.25, -0.2) is 0 Å². The molecular weight excluding hydrogens is 220 g/mol. The van der Waals surface area contributed by atoms with E-state index in [2.05, 4.69) is 12.1 Å². The number of aromatic hydroxyl groups is 1. The van der Waals surface area contributed by atoms with Crippen molar-refractivity contribution in [1.29, 1.82) is 0 Å². The Hall–Kier alpha value is -1.50. The van der Waals surface area contributed by atoms with Crippen LogP contribution in [0, 0.1) is 5.92 Å². The molecule has 0 aliphatic heterocycles. The highest BCUT2D eigenvalue weighted by Crippen LogP contribution is 2.49. The zero-order valence-corrected chi connectivity index (χ0v) is 10.6. The first kappa shape index (κ1) is 10.4. The van der Waals surface area contributed by atoms with Gasteiger partial charge in [0.1, 0.15) is 5.75 Å². The van der Waals surface area contributed by atoms with Crippen LogP contribution in [0.5, 0.6) is 5.75 Å². The number of aryl methyl sites for hydroxylation is 1. The maximum absolute atomic E-state index is 9.61. The van der Waals surface area contributed by atoms with Gasteiger partial charge in [-0.15, -0.1) is 0 Å². The van der Waals surface area contributed by atoms with Crippen molar-refractivity contribution in [3.05, 3.63) is 46.5 Å². The molecule has 3 aliphatic rings. The van der Waals surface area contributed by atoms with E-state index in [0.29, 0.717) is 5.75 Å². The minimum Gasteiger partial charge on any atom is -0.508 e. The Bertz CT molecular complexity index is 577. The lowest BCUT2D eigenvalue weighted by Crippen LogP contribution is -2.17. The van der Waals surface area contributed by atoms with Crippen LogP contribution in [0.2, 0.25) is 0 Å². The highest BCUT2D eigenvalue weighted by Gasteiger charge is 2.32. The van der Waals surface area contributed by atoms with Gasteiger partial charge < -0.3 is 5.11 Å². The molecule has 92 valence electrons. The Morgan fingerprint density at radius 1 is 1.06 bits per heavy atom. The molecule has 1 N–H and O–H groups in total. The zero-order chi connectivity index (χ0) is 12.1. The third-order valence-corrected chi connectivity index (χ3v) is 4.86. The smallest absolute Gasteiger partial charge is 0.115 e. The van der Waals surface area contributed by atoms with Gasteiger partial charge in [-0.05, 0) is 67.4 Å². The molecule has 0 bridgehead atoms. The summed E-state index contributed by atoms with van der Waals surface area (Å²) in [4.78, 5) is 0. The van der Waals surface area contributed by atoms with E-state index in [9.17, 15) is 5.11 Å². The second kappa shape index (κ2) is 3.74. The zero-order valence-electron chi connectivity index (χ0n) is 10.6. The number of rotatable bonds is 0. The molecule has 0 fully saturated rings. The fourth-order valence-corrected chi connectivity index (χ4v) is 4.06. The number of phenolic OH excluding ortho intramolecular Hbond substituents is 1. The lowest BCUT2D eigenvalue weighted by molar-refractivity contribution is 0.474. The standard InChI is InChI=1S/C17H18O/c18-13-6-9-15-12(10-13)5-8-16-14-3-1-2-11(14)4-7-17(15)16/h2,6,9-10,14,18H,1,3-5,7-8H2. The summed E-state index contributed by atoms with van der Waals surface area (Å²) in [6.07, 6.45) is 9.85. The van der Waals surface area contributed by atoms with Crippen molar-refractivity contribution >= 4 is 5.57 Å². The largest absolute Gasteiger partial charge is 0.508 e. The van der Waals surface area contributed by atoms with Crippen molar-refractivity contribution < 1.29 is 5.11 Å². The molecule has 18 heavy (non-hydrogen) atoms. The SMILES string of the molecule is Oc1ccc2c(c1)CCC1=C2CCC2=CCCC21. The van der Waals surface area contributed by atoms with Gasteiger partial charge in [0.2, 0.25) is 0 Å². The van der Waals surface area contributed by atoms with Crippen LogP contribution in [0.25, 0.3) is 5.57 Å². The van der Waals surface area contributed by atoms with Crippen LogP contribution in [0.3, 0.4) is 0 Å². The molecule has 0 saturated carbocycles. The lowest BCUT2D eigenvalue weighted by Gasteiger charge is -2.33. The predicted molar refractivity (Wildman–Crippen MR) is 73.4 cm³/mol. The second-order valence-electron chi connectivity index (χ2n) is 5.75. The molecule has 1 unspecified atom stereocenters. The summed E-state index contributed by atoms with van der Waals surface area (Å²) in [7, 11) is 0. The van der Waals surface area contributed by atoms with Crippen molar-refractivity contribution in [1.82, 2.24) is 0 Å². The fraction of sp³-hybridized carbons (Fsp3) is 0.412. The minimum atomic E-state index is 0.412. The second-order valence-corrected chi connectivity index (χ2v) is 5.75. The molecule has 1 heteroatoms. The minimum absolute atomic E-state index is 0.412. The number of allylic oxidation sites excluding steroid dienone is 4. The highest BCUT2D eigenvalue weighted by atomic mass is 16.3. The molecule has 0 spiro atoms. The topological polar surface area (TPSA) is 20.2 Å². The van der Waals surface area contributed by atoms with Crippen LogP contribution >= 0.6 is 0 Å². The van der Waals surface area contributed by atoms with Gasteiger partial charge in [0, 0.05) is 5.92 Å². The molecule has 0 heterocycles. The Balaban J connectivity index is 1.86. The van der Waals surface area contributed by atoms with E-state index in [1.807, 2.05) is 12.1 Å². The summed E-state index contributed by atoms with van der Waals surface area (Å²) >= 11 is 0. The van der Waals surface area contributed by atoms with Crippen molar-refractivity contribution in [3.63, 3.8) is 0 Å². The number of hydrogen-bond donors (Lipinski definition) is 1. The molecule has 1 aromatic rings. The monoisotopic (exact) mass is 238 g/mol. The van der Waals surface area contributed by atoms with E-state index in [-0.39, 0.29) is 0 Å². The molecule has 3 aliphatic carbocycles. The van der Waals surface area contributed by atoms with Gasteiger partial charge in [-0.2, -0.15) is 0 Å². The molecule has 0 amide bonds. The molecule has 0 radical (unpaired) electrons. The van der Waals surface area contributed by atoms with E-state index in [4.69, 9.17) is 0 Å². The maximum atomic E-state index is 9.61. The van der Waals surface area contributed by atoms with Crippen LogP contribution in [-0.4, -0.2) is 5.11 Å². The fourth-order valence-electron chi connectivity index (χ4n) is 4.06. The third kappa shape index (κ3) is 1.40. The number of hydrogen-bond acceptors (Lipinski definition) is 1. The van der Waals surface area contributed by atoms with E-state index in [1.165, 1.54) is 43.2 Å².